The van der Waals surface area contributed by atoms with Crippen molar-refractivity contribution in [3.05, 3.63) is 47.7 Å². The summed E-state index contributed by atoms with van der Waals surface area (Å²) >= 11 is 0. The number of ether oxygens (including phenoxy) is 1. The number of aryl methyl sites for hydroxylation is 1. The second kappa shape index (κ2) is 5.71. The molecule has 0 bridgehead atoms. The van der Waals surface area contributed by atoms with E-state index in [4.69, 9.17) is 9.26 Å². The standard InChI is InChI=1S/C15H17NO3/c1-10(2)9-18-13-6-4-12(5-7-13)15-14(8-17)11(3)19-16-15/h4-7,17H,1,8-9H2,2-3H3. The Hall–Kier alpha value is -2.07. The van der Waals surface area contributed by atoms with E-state index in [2.05, 4.69) is 11.7 Å². The van der Waals surface area contributed by atoms with Crippen LogP contribution >= 0.6 is 0 Å². The van der Waals surface area contributed by atoms with Gasteiger partial charge in [-0.2, -0.15) is 0 Å². The van der Waals surface area contributed by atoms with Crippen LogP contribution in [0.1, 0.15) is 18.2 Å². The summed E-state index contributed by atoms with van der Waals surface area (Å²) in [5, 5.41) is 13.3. The van der Waals surface area contributed by atoms with Crippen LogP contribution in [-0.2, 0) is 6.61 Å². The molecule has 1 N–H and O–H groups in total. The Bertz CT molecular complexity index is 570. The van der Waals surface area contributed by atoms with Gasteiger partial charge in [0.15, 0.2) is 0 Å². The molecule has 1 heterocycles. The number of rotatable bonds is 5. The predicted octanol–water partition coefficient (Wildman–Crippen LogP) is 3.10. The fourth-order valence-corrected chi connectivity index (χ4v) is 1.72. The number of aliphatic hydroxyl groups is 1. The highest BCUT2D eigenvalue weighted by Crippen LogP contribution is 2.26. The lowest BCUT2D eigenvalue weighted by atomic mass is 10.1. The average Bonchev–Trinajstić information content (AvgIpc) is 2.78. The third kappa shape index (κ3) is 3.03. The van der Waals surface area contributed by atoms with E-state index in [1.807, 2.05) is 31.2 Å². The van der Waals surface area contributed by atoms with Crippen molar-refractivity contribution in [2.24, 2.45) is 0 Å². The molecule has 0 saturated heterocycles. The number of nitrogens with zero attached hydrogens (tertiary/aromatic N) is 1. The highest BCUT2D eigenvalue weighted by atomic mass is 16.5. The molecule has 100 valence electrons. The van der Waals surface area contributed by atoms with Crippen molar-refractivity contribution in [1.82, 2.24) is 5.16 Å². The Morgan fingerprint density at radius 1 is 1.37 bits per heavy atom. The van der Waals surface area contributed by atoms with Gasteiger partial charge in [0.25, 0.3) is 0 Å². The van der Waals surface area contributed by atoms with Crippen LogP contribution < -0.4 is 4.74 Å². The van der Waals surface area contributed by atoms with Crippen LogP contribution in [0.3, 0.4) is 0 Å². The highest BCUT2D eigenvalue weighted by Gasteiger charge is 2.13. The number of benzene rings is 1. The van der Waals surface area contributed by atoms with Gasteiger partial charge in [-0.25, -0.2) is 0 Å². The molecule has 19 heavy (non-hydrogen) atoms. The molecule has 4 heteroatoms. The summed E-state index contributed by atoms with van der Waals surface area (Å²) < 4.78 is 10.6. The van der Waals surface area contributed by atoms with E-state index in [1.165, 1.54) is 0 Å². The summed E-state index contributed by atoms with van der Waals surface area (Å²) in [6.45, 7) is 7.91. The first kappa shape index (κ1) is 13.4. The number of hydrogen-bond acceptors (Lipinski definition) is 4. The van der Waals surface area contributed by atoms with E-state index in [0.717, 1.165) is 22.4 Å². The maximum Gasteiger partial charge on any atom is 0.139 e. The smallest absolute Gasteiger partial charge is 0.139 e. The summed E-state index contributed by atoms with van der Waals surface area (Å²) in [7, 11) is 0. The van der Waals surface area contributed by atoms with Crippen molar-refractivity contribution in [1.29, 1.82) is 0 Å². The predicted molar refractivity (Wildman–Crippen MR) is 72.9 cm³/mol. The van der Waals surface area contributed by atoms with Gasteiger partial charge >= 0.3 is 0 Å². The second-order valence-electron chi connectivity index (χ2n) is 4.49. The van der Waals surface area contributed by atoms with Gasteiger partial charge in [-0.1, -0.05) is 11.7 Å². The molecule has 0 amide bonds. The van der Waals surface area contributed by atoms with E-state index < -0.39 is 0 Å². The molecule has 2 rings (SSSR count). The molecule has 0 saturated carbocycles. The Balaban J connectivity index is 2.20. The van der Waals surface area contributed by atoms with Crippen LogP contribution in [0, 0.1) is 6.92 Å². The van der Waals surface area contributed by atoms with E-state index in [-0.39, 0.29) is 6.61 Å². The zero-order valence-corrected chi connectivity index (χ0v) is 11.1. The van der Waals surface area contributed by atoms with Gasteiger partial charge in [0.2, 0.25) is 0 Å². The first-order chi connectivity index (χ1) is 9.11. The first-order valence-corrected chi connectivity index (χ1v) is 6.05. The van der Waals surface area contributed by atoms with Crippen LogP contribution in [0.4, 0.5) is 0 Å². The maximum absolute atomic E-state index is 9.31. The SMILES string of the molecule is C=C(C)COc1ccc(-c2noc(C)c2CO)cc1. The van der Waals surface area contributed by atoms with Crippen LogP contribution in [0.15, 0.2) is 40.9 Å². The zero-order chi connectivity index (χ0) is 13.8. The van der Waals surface area contributed by atoms with Gasteiger partial charge in [0.05, 0.1) is 6.61 Å². The summed E-state index contributed by atoms with van der Waals surface area (Å²) in [6.07, 6.45) is 0. The number of aliphatic hydroxyl groups excluding tert-OH is 1. The van der Waals surface area contributed by atoms with Gasteiger partial charge in [-0.15, -0.1) is 0 Å². The topological polar surface area (TPSA) is 55.5 Å². The van der Waals surface area contributed by atoms with Gasteiger partial charge in [0.1, 0.15) is 23.8 Å². The summed E-state index contributed by atoms with van der Waals surface area (Å²) in [6, 6.07) is 7.52. The molecule has 0 aliphatic carbocycles. The molecule has 0 radical (unpaired) electrons. The Morgan fingerprint density at radius 2 is 2.05 bits per heavy atom. The van der Waals surface area contributed by atoms with Crippen LogP contribution in [-0.4, -0.2) is 16.9 Å². The Labute approximate surface area is 112 Å². The minimum absolute atomic E-state index is 0.0847. The van der Waals surface area contributed by atoms with E-state index in [9.17, 15) is 5.11 Å². The lowest BCUT2D eigenvalue weighted by molar-refractivity contribution is 0.278. The van der Waals surface area contributed by atoms with Crippen LogP contribution in [0.25, 0.3) is 11.3 Å². The molecule has 4 nitrogen and oxygen atoms in total. The molecule has 0 spiro atoms. The molecule has 0 aliphatic heterocycles. The third-order valence-corrected chi connectivity index (χ3v) is 2.76. The zero-order valence-electron chi connectivity index (χ0n) is 11.1. The molecule has 0 unspecified atom stereocenters. The van der Waals surface area contributed by atoms with Crippen LogP contribution in [0.2, 0.25) is 0 Å². The van der Waals surface area contributed by atoms with Crippen molar-refractivity contribution in [3.63, 3.8) is 0 Å². The fourth-order valence-electron chi connectivity index (χ4n) is 1.72. The molecule has 0 fully saturated rings. The second-order valence-corrected chi connectivity index (χ2v) is 4.49. The highest BCUT2D eigenvalue weighted by molar-refractivity contribution is 5.64. The van der Waals surface area contributed by atoms with Crippen molar-refractivity contribution in [2.75, 3.05) is 6.61 Å². The molecule has 1 aromatic carbocycles. The maximum atomic E-state index is 9.31. The molecular weight excluding hydrogens is 242 g/mol. The summed E-state index contributed by atoms with van der Waals surface area (Å²) in [4.78, 5) is 0. The molecule has 0 aliphatic rings. The van der Waals surface area contributed by atoms with Gasteiger partial charge in [-0.05, 0) is 43.7 Å². The normalized spacial score (nSPS) is 10.5. The van der Waals surface area contributed by atoms with E-state index >= 15 is 0 Å². The number of hydrogen-bond donors (Lipinski definition) is 1. The van der Waals surface area contributed by atoms with Gasteiger partial charge in [0, 0.05) is 11.1 Å². The molecule has 1 aromatic heterocycles. The van der Waals surface area contributed by atoms with Gasteiger partial charge < -0.3 is 14.4 Å². The molecule has 2 aromatic rings. The van der Waals surface area contributed by atoms with Crippen molar-refractivity contribution >= 4 is 0 Å². The molecular formula is C15H17NO3. The monoisotopic (exact) mass is 259 g/mol. The molecule has 0 atom stereocenters. The average molecular weight is 259 g/mol. The minimum atomic E-state index is -0.0847. The van der Waals surface area contributed by atoms with Crippen molar-refractivity contribution in [2.45, 2.75) is 20.5 Å². The minimum Gasteiger partial charge on any atom is -0.489 e. The Morgan fingerprint density at radius 3 is 2.63 bits per heavy atom. The lowest BCUT2D eigenvalue weighted by Crippen LogP contribution is -1.97. The fraction of sp³-hybridized carbons (Fsp3) is 0.267. The van der Waals surface area contributed by atoms with E-state index in [0.29, 0.717) is 18.1 Å². The first-order valence-electron chi connectivity index (χ1n) is 6.05. The quantitative estimate of drug-likeness (QED) is 0.838. The summed E-state index contributed by atoms with van der Waals surface area (Å²) in [5.41, 5.74) is 3.25. The van der Waals surface area contributed by atoms with Crippen LogP contribution in [0.5, 0.6) is 5.75 Å². The lowest BCUT2D eigenvalue weighted by Gasteiger charge is -2.06. The van der Waals surface area contributed by atoms with E-state index in [1.54, 1.807) is 6.92 Å². The van der Waals surface area contributed by atoms with Crippen molar-refractivity contribution in [3.8, 4) is 17.0 Å². The summed E-state index contributed by atoms with van der Waals surface area (Å²) in [5.74, 6) is 1.41. The van der Waals surface area contributed by atoms with Gasteiger partial charge in [-0.3, -0.25) is 0 Å². The van der Waals surface area contributed by atoms with Crippen molar-refractivity contribution < 1.29 is 14.4 Å². The third-order valence-electron chi connectivity index (χ3n) is 2.76. The number of aromatic nitrogens is 1. The largest absolute Gasteiger partial charge is 0.489 e. The Kier molecular flexibility index (Phi) is 4.02.